The second kappa shape index (κ2) is 12.7. The molecule has 2 aromatic heterocycles. The molecule has 2 aromatic carbocycles. The van der Waals surface area contributed by atoms with Crippen molar-refractivity contribution in [2.75, 3.05) is 19.3 Å². The number of pyridine rings is 1. The fourth-order valence-electron chi connectivity index (χ4n) is 7.41. The van der Waals surface area contributed by atoms with Gasteiger partial charge in [0.1, 0.15) is 29.6 Å². The fraction of sp³-hybridized carbons (Fsp3) is 0.400. The van der Waals surface area contributed by atoms with Crippen molar-refractivity contribution in [1.29, 1.82) is 0 Å². The highest BCUT2D eigenvalue weighted by atomic mass is 32.3. The highest BCUT2D eigenvalue weighted by Gasteiger charge is 2.67. The molecule has 2 aliphatic carbocycles. The monoisotopic (exact) mass is 703 g/mol. The second-order valence-corrected chi connectivity index (χ2v) is 16.0. The molecule has 1 saturated carbocycles. The van der Waals surface area contributed by atoms with E-state index < -0.39 is 75.8 Å². The van der Waals surface area contributed by atoms with Crippen LogP contribution in [-0.2, 0) is 33.8 Å². The van der Waals surface area contributed by atoms with Crippen molar-refractivity contribution in [3.63, 3.8) is 0 Å². The number of hydrogen-bond donors (Lipinski definition) is 2. The standard InChI is InChI=1S/C35H35F6N5O2S/c1-49(48,45-12-3-2-4-13-45)24-9-7-21(8-10-24)25-6-5-11-42-31(25)28(16-20-14-22(36)17-23(37)15-20)43-29(47)19-46-33-30(32(44-46)34(38)39)26-18-27(26)35(33,40)41/h5-11,14-15,17,26-28,34,49H,2-4,12-13,16,18-19H2,1H3,(H,43,47)/t26?,27?,28-/m0/s1. The van der Waals surface area contributed by atoms with Gasteiger partial charge in [0, 0.05) is 53.5 Å². The lowest BCUT2D eigenvalue weighted by Gasteiger charge is -2.36. The maximum Gasteiger partial charge on any atom is 0.293 e. The highest BCUT2D eigenvalue weighted by molar-refractivity contribution is 8.00. The molecule has 0 spiro atoms. The summed E-state index contributed by atoms with van der Waals surface area (Å²) in [4.78, 5) is 18.7. The van der Waals surface area contributed by atoms with Gasteiger partial charge in [-0.3, -0.25) is 18.7 Å². The Morgan fingerprint density at radius 2 is 1.71 bits per heavy atom. The Hall–Kier alpha value is -4.04. The number of carbonyl (C=O) groups excluding carboxylic acids is 1. The van der Waals surface area contributed by atoms with E-state index in [0.29, 0.717) is 32.5 Å². The minimum atomic E-state index is -3.41. The Kier molecular flexibility index (Phi) is 8.66. The normalized spacial score (nSPS) is 20.9. The first kappa shape index (κ1) is 33.5. The van der Waals surface area contributed by atoms with Gasteiger partial charge in [0.05, 0.1) is 11.7 Å². The predicted octanol–water partition coefficient (Wildman–Crippen LogP) is 6.88. The summed E-state index contributed by atoms with van der Waals surface area (Å²) in [6, 6.07) is 12.5. The quantitative estimate of drug-likeness (QED) is 0.140. The summed E-state index contributed by atoms with van der Waals surface area (Å²) in [6.45, 7) is 0.735. The topological polar surface area (TPSA) is 80.1 Å². The first-order valence-corrected chi connectivity index (χ1v) is 18.4. The molecule has 3 heterocycles. The number of benzene rings is 2. The number of piperidine rings is 1. The summed E-state index contributed by atoms with van der Waals surface area (Å²) in [6.07, 6.45) is 3.17. The maximum absolute atomic E-state index is 15.2. The van der Waals surface area contributed by atoms with Gasteiger partial charge in [-0.2, -0.15) is 13.9 Å². The minimum absolute atomic E-state index is 0.0847. The summed E-state index contributed by atoms with van der Waals surface area (Å²) in [7, 11) is -2.81. The van der Waals surface area contributed by atoms with Crippen molar-refractivity contribution in [2.24, 2.45) is 5.92 Å². The van der Waals surface area contributed by atoms with Crippen LogP contribution in [0.15, 0.2) is 65.7 Å². The molecule has 1 aliphatic heterocycles. The van der Waals surface area contributed by atoms with Crippen LogP contribution in [-0.4, -0.2) is 48.5 Å². The number of hydrogen-bond acceptors (Lipinski definition) is 4. The van der Waals surface area contributed by atoms with Crippen molar-refractivity contribution in [3.8, 4) is 11.1 Å². The van der Waals surface area contributed by atoms with Crippen LogP contribution in [0, 0.1) is 17.6 Å². The largest absolute Gasteiger partial charge is 0.346 e. The fourth-order valence-corrected chi connectivity index (χ4v) is 9.49. The van der Waals surface area contributed by atoms with E-state index >= 15 is 8.78 Å². The number of alkyl halides is 4. The smallest absolute Gasteiger partial charge is 0.293 e. The van der Waals surface area contributed by atoms with E-state index in [4.69, 9.17) is 0 Å². The van der Waals surface area contributed by atoms with Crippen molar-refractivity contribution in [3.05, 3.63) is 101 Å². The summed E-state index contributed by atoms with van der Waals surface area (Å²) in [5.41, 5.74) is 0.138. The predicted molar refractivity (Wildman–Crippen MR) is 172 cm³/mol. The van der Waals surface area contributed by atoms with Crippen LogP contribution in [0.4, 0.5) is 26.3 Å². The van der Waals surface area contributed by atoms with Crippen LogP contribution >= 0.6 is 0 Å². The van der Waals surface area contributed by atoms with Gasteiger partial charge >= 0.3 is 0 Å². The van der Waals surface area contributed by atoms with Crippen molar-refractivity contribution < 1.29 is 35.3 Å². The summed E-state index contributed by atoms with van der Waals surface area (Å²) in [5.74, 6) is -7.71. The van der Waals surface area contributed by atoms with Crippen LogP contribution in [0.1, 0.15) is 72.3 Å². The zero-order chi connectivity index (χ0) is 34.7. The summed E-state index contributed by atoms with van der Waals surface area (Å²) in [5, 5.41) is 6.49. The van der Waals surface area contributed by atoms with Crippen LogP contribution in [0.25, 0.3) is 11.1 Å². The van der Waals surface area contributed by atoms with E-state index in [9.17, 15) is 26.6 Å². The average Bonchev–Trinajstić information content (AvgIpc) is 3.73. The van der Waals surface area contributed by atoms with Crippen LogP contribution in [0.2, 0.25) is 0 Å². The molecule has 3 aliphatic rings. The Bertz CT molecular complexity index is 1920. The lowest BCUT2D eigenvalue weighted by atomic mass is 9.95. The van der Waals surface area contributed by atoms with Crippen molar-refractivity contribution in [1.82, 2.24) is 24.4 Å². The average molecular weight is 704 g/mol. The number of amides is 1. The van der Waals surface area contributed by atoms with E-state index in [1.165, 1.54) is 6.20 Å². The van der Waals surface area contributed by atoms with E-state index in [1.54, 1.807) is 42.7 Å². The molecule has 4 aromatic rings. The Morgan fingerprint density at radius 1 is 1.02 bits per heavy atom. The molecule has 49 heavy (non-hydrogen) atoms. The third kappa shape index (κ3) is 6.29. The number of thiol groups is 1. The third-order valence-corrected chi connectivity index (χ3v) is 12.6. The van der Waals surface area contributed by atoms with Gasteiger partial charge in [0.2, 0.25) is 5.91 Å². The molecule has 14 heteroatoms. The van der Waals surface area contributed by atoms with Gasteiger partial charge in [-0.25, -0.2) is 21.9 Å². The number of halogens is 6. The number of rotatable bonds is 10. The zero-order valence-corrected chi connectivity index (χ0v) is 27.5. The zero-order valence-electron chi connectivity index (χ0n) is 26.6. The molecule has 2 fully saturated rings. The molecule has 7 nitrogen and oxygen atoms in total. The molecular weight excluding hydrogens is 668 g/mol. The van der Waals surface area contributed by atoms with Crippen LogP contribution < -0.4 is 5.32 Å². The number of aromatic nitrogens is 3. The second-order valence-electron chi connectivity index (χ2n) is 13.2. The van der Waals surface area contributed by atoms with Gasteiger partial charge in [-0.15, -0.1) is 0 Å². The molecule has 0 bridgehead atoms. The Labute approximate surface area is 280 Å². The van der Waals surface area contributed by atoms with E-state index in [0.717, 1.165) is 44.5 Å². The Morgan fingerprint density at radius 3 is 2.39 bits per heavy atom. The van der Waals surface area contributed by atoms with Crippen molar-refractivity contribution in [2.45, 2.75) is 67.9 Å². The number of nitrogens with one attached hydrogen (secondary N) is 1. The number of nitrogens with zero attached hydrogens (tertiary/aromatic N) is 4. The molecule has 2 unspecified atom stereocenters. The SMILES string of the molecule is C[SH](=O)(c1ccc(-c2cccnc2[C@H](Cc2cc(F)cc(F)c2)NC(=O)Cn2nc(C(F)F)c3c2C(F)(F)C2CC32)cc1)N1CCCCC1. The molecule has 0 radical (unpaired) electrons. The van der Waals surface area contributed by atoms with E-state index in [-0.39, 0.29) is 24.0 Å². The Balaban J connectivity index is 1.21. The van der Waals surface area contributed by atoms with Crippen molar-refractivity contribution >= 4 is 16.0 Å². The first-order chi connectivity index (χ1) is 23.3. The summed E-state index contributed by atoms with van der Waals surface area (Å²) < 4.78 is 103. The highest BCUT2D eigenvalue weighted by Crippen LogP contribution is 2.68. The van der Waals surface area contributed by atoms with Gasteiger partial charge in [-0.05, 0) is 83.2 Å². The van der Waals surface area contributed by atoms with Gasteiger partial charge in [-0.1, -0.05) is 24.6 Å². The third-order valence-electron chi connectivity index (χ3n) is 9.86. The molecule has 3 atom stereocenters. The van der Waals surface area contributed by atoms with E-state index in [1.807, 2.05) is 4.31 Å². The van der Waals surface area contributed by atoms with E-state index in [2.05, 4.69) is 15.4 Å². The molecule has 1 N–H and O–H groups in total. The minimum Gasteiger partial charge on any atom is -0.346 e. The molecular formula is C35H35F6N5O2S. The van der Waals surface area contributed by atoms with Gasteiger partial charge in [0.15, 0.2) is 0 Å². The molecule has 7 rings (SSSR count). The summed E-state index contributed by atoms with van der Waals surface area (Å²) >= 11 is 0. The van der Waals surface area contributed by atoms with Gasteiger partial charge < -0.3 is 5.32 Å². The van der Waals surface area contributed by atoms with Crippen LogP contribution in [0.3, 0.4) is 0 Å². The first-order valence-electron chi connectivity index (χ1n) is 16.2. The molecule has 1 amide bonds. The molecule has 260 valence electrons. The number of fused-ring (bicyclic) bond motifs is 3. The molecule has 1 saturated heterocycles. The lowest BCUT2D eigenvalue weighted by Crippen LogP contribution is -2.39. The maximum atomic E-state index is 15.2. The number of carbonyl (C=O) groups is 1. The van der Waals surface area contributed by atoms with Crippen LogP contribution in [0.5, 0.6) is 0 Å². The van der Waals surface area contributed by atoms with Gasteiger partial charge in [0.25, 0.3) is 12.3 Å². The lowest BCUT2D eigenvalue weighted by molar-refractivity contribution is -0.123.